The predicted octanol–water partition coefficient (Wildman–Crippen LogP) is 6.09. The highest BCUT2D eigenvalue weighted by Gasteiger charge is 2.35. The zero-order valence-corrected chi connectivity index (χ0v) is 26.1. The van der Waals surface area contributed by atoms with Gasteiger partial charge in [0, 0.05) is 20.6 Å². The lowest BCUT2D eigenvalue weighted by Gasteiger charge is -2.25. The molecule has 0 spiro atoms. The van der Waals surface area contributed by atoms with E-state index >= 15 is 0 Å². The second-order valence-corrected chi connectivity index (χ2v) is 12.1. The van der Waals surface area contributed by atoms with E-state index in [1.807, 2.05) is 49.4 Å². The van der Waals surface area contributed by atoms with Gasteiger partial charge in [-0.15, -0.1) is 0 Å². The van der Waals surface area contributed by atoms with E-state index in [1.165, 1.54) is 11.3 Å². The van der Waals surface area contributed by atoms with Gasteiger partial charge in [0.2, 0.25) is 6.79 Å². The maximum Gasteiger partial charge on any atom is 0.338 e. The average Bonchev–Trinajstić information content (AvgIpc) is 3.69. The predicted molar refractivity (Wildman–Crippen MR) is 162 cm³/mol. The van der Waals surface area contributed by atoms with Crippen molar-refractivity contribution in [2.24, 2.45) is 4.99 Å². The molecular weight excluding hydrogens is 676 g/mol. The van der Waals surface area contributed by atoms with Gasteiger partial charge in [0.05, 0.1) is 28.5 Å². The number of nitrogens with zero attached hydrogens (tertiary/aromatic N) is 2. The van der Waals surface area contributed by atoms with Crippen LogP contribution < -0.4 is 24.4 Å². The zero-order valence-electron chi connectivity index (χ0n) is 22.1. The van der Waals surface area contributed by atoms with E-state index < -0.39 is 12.0 Å². The van der Waals surface area contributed by atoms with Gasteiger partial charge in [0.15, 0.2) is 16.3 Å². The first-order valence-corrected chi connectivity index (χ1v) is 15.4. The third-order valence-corrected chi connectivity index (χ3v) is 8.87. The second kappa shape index (κ2) is 11.5. The van der Waals surface area contributed by atoms with Gasteiger partial charge in [0.1, 0.15) is 11.5 Å². The first-order valence-electron chi connectivity index (χ1n) is 13.0. The number of ether oxygens (including phenoxy) is 3. The van der Waals surface area contributed by atoms with Crippen LogP contribution in [0.15, 0.2) is 83.0 Å². The molecule has 8 nitrogen and oxygen atoms in total. The number of carbonyl (C=O) groups excluding carboxylic acids is 1. The summed E-state index contributed by atoms with van der Waals surface area (Å²) in [5.74, 6) is 1.86. The number of aromatic nitrogens is 1. The van der Waals surface area contributed by atoms with Gasteiger partial charge >= 0.3 is 5.97 Å². The van der Waals surface area contributed by atoms with E-state index in [2.05, 4.69) is 31.9 Å². The Labute approximate surface area is 255 Å². The number of thiazole rings is 1. The summed E-state index contributed by atoms with van der Waals surface area (Å²) in [5, 5.41) is 0. The monoisotopic (exact) mass is 698 g/mol. The molecule has 0 fully saturated rings. The standard InChI is InChI=1S/C30H24Br2N2O6S/c1-3-5-21-26(29(36)37-4-2)27(16-6-10-23-24(12-16)39-15-38-23)34-28(35)25(41-30(34)33-21)14-18-8-11-22(40-18)19-13-17(31)7-9-20(19)32/h6-14,27H,3-5,15H2,1-2H3/b25-14+/t27-/m0/s1. The van der Waals surface area contributed by atoms with Crippen LogP contribution in [0.1, 0.15) is 44.1 Å². The molecular formula is C30H24Br2N2O6S. The molecule has 41 heavy (non-hydrogen) atoms. The van der Waals surface area contributed by atoms with Crippen LogP contribution in [0.5, 0.6) is 11.5 Å². The van der Waals surface area contributed by atoms with Gasteiger partial charge in [-0.25, -0.2) is 9.79 Å². The highest BCUT2D eigenvalue weighted by atomic mass is 79.9. The minimum atomic E-state index is -0.742. The van der Waals surface area contributed by atoms with E-state index in [-0.39, 0.29) is 19.0 Å². The topological polar surface area (TPSA) is 92.3 Å². The van der Waals surface area contributed by atoms with Crippen molar-refractivity contribution >= 4 is 55.2 Å². The van der Waals surface area contributed by atoms with E-state index in [0.717, 1.165) is 20.9 Å². The highest BCUT2D eigenvalue weighted by Crippen LogP contribution is 2.39. The Balaban J connectivity index is 1.51. The number of rotatable bonds is 7. The quantitative estimate of drug-likeness (QED) is 0.217. The molecule has 6 rings (SSSR count). The molecule has 2 aromatic carbocycles. The first kappa shape index (κ1) is 27.7. The Morgan fingerprint density at radius 3 is 2.76 bits per heavy atom. The summed E-state index contributed by atoms with van der Waals surface area (Å²) in [4.78, 5) is 32.7. The maximum atomic E-state index is 14.0. The second-order valence-electron chi connectivity index (χ2n) is 9.35. The van der Waals surface area contributed by atoms with Gasteiger partial charge in [-0.3, -0.25) is 9.36 Å². The number of fused-ring (bicyclic) bond motifs is 2. The van der Waals surface area contributed by atoms with Crippen molar-refractivity contribution in [3.63, 3.8) is 0 Å². The van der Waals surface area contributed by atoms with E-state index in [1.54, 1.807) is 23.6 Å². The minimum absolute atomic E-state index is 0.116. The molecule has 4 aromatic rings. The molecule has 11 heteroatoms. The molecule has 0 N–H and O–H groups in total. The molecule has 0 bridgehead atoms. The summed E-state index contributed by atoms with van der Waals surface area (Å²) in [7, 11) is 0. The van der Waals surface area contributed by atoms with Crippen molar-refractivity contribution in [1.82, 2.24) is 4.57 Å². The van der Waals surface area contributed by atoms with Gasteiger partial charge in [-0.1, -0.05) is 62.6 Å². The van der Waals surface area contributed by atoms with Gasteiger partial charge in [-0.2, -0.15) is 0 Å². The molecule has 1 atom stereocenters. The number of allylic oxidation sites excluding steroid dienone is 1. The lowest BCUT2D eigenvalue weighted by atomic mass is 9.94. The molecule has 0 unspecified atom stereocenters. The van der Waals surface area contributed by atoms with Crippen LogP contribution >= 0.6 is 43.2 Å². The first-order chi connectivity index (χ1) is 19.9. The summed E-state index contributed by atoms with van der Waals surface area (Å²) in [6.07, 6.45) is 3.04. The third kappa shape index (κ3) is 5.22. The lowest BCUT2D eigenvalue weighted by Crippen LogP contribution is -2.40. The van der Waals surface area contributed by atoms with Crippen molar-refractivity contribution in [2.45, 2.75) is 32.7 Å². The zero-order chi connectivity index (χ0) is 28.7. The molecule has 0 saturated carbocycles. The van der Waals surface area contributed by atoms with Gasteiger partial charge in [-0.05, 0) is 61.4 Å². The molecule has 2 aliphatic rings. The van der Waals surface area contributed by atoms with Crippen molar-refractivity contribution in [3.8, 4) is 22.8 Å². The summed E-state index contributed by atoms with van der Waals surface area (Å²) < 4.78 is 26.5. The van der Waals surface area contributed by atoms with Crippen LogP contribution in [-0.4, -0.2) is 23.9 Å². The number of halogens is 2. The number of esters is 1. The van der Waals surface area contributed by atoms with E-state index in [9.17, 15) is 9.59 Å². The van der Waals surface area contributed by atoms with E-state index in [0.29, 0.717) is 55.6 Å². The van der Waals surface area contributed by atoms with Crippen molar-refractivity contribution in [3.05, 3.63) is 99.8 Å². The Kier molecular flexibility index (Phi) is 7.76. The van der Waals surface area contributed by atoms with Gasteiger partial charge < -0.3 is 18.6 Å². The summed E-state index contributed by atoms with van der Waals surface area (Å²) in [6, 6.07) is 14.2. The molecule has 210 valence electrons. The summed E-state index contributed by atoms with van der Waals surface area (Å²) in [6.45, 7) is 4.10. The molecule has 0 aliphatic carbocycles. The molecule has 4 heterocycles. The Morgan fingerprint density at radius 2 is 1.95 bits per heavy atom. The van der Waals surface area contributed by atoms with Crippen molar-refractivity contribution in [2.75, 3.05) is 13.4 Å². The number of hydrogen-bond donors (Lipinski definition) is 0. The van der Waals surface area contributed by atoms with Crippen LogP contribution in [0.4, 0.5) is 0 Å². The highest BCUT2D eigenvalue weighted by molar-refractivity contribution is 9.11. The largest absolute Gasteiger partial charge is 0.463 e. The fourth-order valence-corrected chi connectivity index (χ4v) is 6.71. The number of carbonyl (C=O) groups is 1. The minimum Gasteiger partial charge on any atom is -0.463 e. The molecule has 2 aliphatic heterocycles. The molecule has 0 saturated heterocycles. The van der Waals surface area contributed by atoms with Crippen LogP contribution in [0, 0.1) is 0 Å². The Hall–Kier alpha value is -3.41. The van der Waals surface area contributed by atoms with E-state index in [4.69, 9.17) is 23.6 Å². The van der Waals surface area contributed by atoms with Crippen LogP contribution in [0.25, 0.3) is 17.4 Å². The summed E-state index contributed by atoms with van der Waals surface area (Å²) >= 11 is 8.33. The van der Waals surface area contributed by atoms with Crippen LogP contribution in [0.2, 0.25) is 0 Å². The number of hydrogen-bond acceptors (Lipinski definition) is 8. The fraction of sp³-hybridized carbons (Fsp3) is 0.233. The van der Waals surface area contributed by atoms with Crippen molar-refractivity contribution in [1.29, 1.82) is 0 Å². The molecule has 0 amide bonds. The van der Waals surface area contributed by atoms with Crippen LogP contribution in [-0.2, 0) is 9.53 Å². The number of benzene rings is 2. The fourth-order valence-electron chi connectivity index (χ4n) is 4.91. The normalized spacial score (nSPS) is 16.1. The Morgan fingerprint density at radius 1 is 1.12 bits per heavy atom. The lowest BCUT2D eigenvalue weighted by molar-refractivity contribution is -0.139. The smallest absolute Gasteiger partial charge is 0.338 e. The Bertz CT molecular complexity index is 1890. The maximum absolute atomic E-state index is 14.0. The average molecular weight is 700 g/mol. The summed E-state index contributed by atoms with van der Waals surface area (Å²) in [5.41, 5.74) is 2.27. The molecule has 2 aromatic heterocycles. The van der Waals surface area contributed by atoms with Crippen LogP contribution in [0.3, 0.4) is 0 Å². The third-order valence-electron chi connectivity index (χ3n) is 6.70. The number of furan rings is 1. The van der Waals surface area contributed by atoms with Crippen molar-refractivity contribution < 1.29 is 23.4 Å². The molecule has 0 radical (unpaired) electrons. The van der Waals surface area contributed by atoms with Gasteiger partial charge in [0.25, 0.3) is 5.56 Å². The SMILES string of the molecule is CCCC1=C(C(=O)OCC)[C@H](c2ccc3c(c2)OCO3)n2c(s/c(=C/c3ccc(-c4cc(Br)ccc4Br)o3)c2=O)=N1.